The molecular weight excluding hydrogens is 326 g/mol. The molecule has 1 unspecified atom stereocenters. The van der Waals surface area contributed by atoms with Crippen molar-refractivity contribution in [1.29, 1.82) is 0 Å². The van der Waals surface area contributed by atoms with Crippen LogP contribution in [0.1, 0.15) is 0 Å². The van der Waals surface area contributed by atoms with Crippen molar-refractivity contribution in [3.8, 4) is 11.5 Å². The Morgan fingerprint density at radius 3 is 2.78 bits per heavy atom. The van der Waals surface area contributed by atoms with Gasteiger partial charge in [-0.2, -0.15) is 4.31 Å². The Hall–Kier alpha value is -1.84. The number of hydrogen-bond acceptors (Lipinski definition) is 6. The molecule has 3 rings (SSSR count). The number of fused-ring (bicyclic) bond motifs is 1. The molecule has 23 heavy (non-hydrogen) atoms. The van der Waals surface area contributed by atoms with E-state index in [4.69, 9.17) is 19.3 Å². The average Bonchev–Trinajstić information content (AvgIpc) is 2.81. The molecule has 0 aliphatic carbocycles. The molecular formula is C14H17NO7S. The number of para-hydroxylation sites is 1. The smallest absolute Gasteiger partial charge is 0.310 e. The third kappa shape index (κ3) is 3.12. The van der Waals surface area contributed by atoms with Gasteiger partial charge in [0.25, 0.3) is 0 Å². The Balaban J connectivity index is 1.96. The summed E-state index contributed by atoms with van der Waals surface area (Å²) in [6, 6.07) is 4.65. The summed E-state index contributed by atoms with van der Waals surface area (Å²) in [6.45, 7) is 0.720. The molecule has 0 aromatic heterocycles. The molecule has 126 valence electrons. The lowest BCUT2D eigenvalue weighted by Crippen LogP contribution is -2.38. The standard InChI is InChI=1S/C14H17NO7S/c16-14(17)10-8-15(4-5-20-9-10)23(18,19)12-3-1-2-11-13(12)22-7-6-21-11/h1-3,10H,4-9H2,(H,16,17). The molecule has 0 saturated carbocycles. The van der Waals surface area contributed by atoms with Gasteiger partial charge >= 0.3 is 5.97 Å². The second kappa shape index (κ2) is 6.34. The SMILES string of the molecule is O=C(O)C1COCCN(S(=O)(=O)c2cccc3c2OCCO3)C1. The summed E-state index contributed by atoms with van der Waals surface area (Å²) in [5, 5.41) is 9.16. The van der Waals surface area contributed by atoms with Gasteiger partial charge in [0, 0.05) is 13.1 Å². The number of carboxylic acids is 1. The zero-order valence-corrected chi connectivity index (χ0v) is 13.1. The predicted octanol–water partition coefficient (Wildman–Crippen LogP) is 0.179. The van der Waals surface area contributed by atoms with Gasteiger partial charge in [-0.3, -0.25) is 4.79 Å². The zero-order valence-electron chi connectivity index (χ0n) is 12.3. The van der Waals surface area contributed by atoms with Gasteiger partial charge in [0.05, 0.1) is 19.1 Å². The highest BCUT2D eigenvalue weighted by atomic mass is 32.2. The van der Waals surface area contributed by atoms with E-state index < -0.39 is 21.9 Å². The van der Waals surface area contributed by atoms with Crippen LogP contribution in [-0.4, -0.2) is 63.3 Å². The van der Waals surface area contributed by atoms with Crippen LogP contribution in [0.15, 0.2) is 23.1 Å². The normalized spacial score (nSPS) is 22.3. The number of ether oxygens (including phenoxy) is 3. The number of hydrogen-bond donors (Lipinski definition) is 1. The molecule has 2 aliphatic heterocycles. The lowest BCUT2D eigenvalue weighted by molar-refractivity contribution is -0.143. The topological polar surface area (TPSA) is 102 Å². The first-order valence-electron chi connectivity index (χ1n) is 7.19. The number of carboxylic acid groups (broad SMARTS) is 1. The lowest BCUT2D eigenvalue weighted by atomic mass is 10.2. The van der Waals surface area contributed by atoms with Gasteiger partial charge in [0.1, 0.15) is 18.1 Å². The average molecular weight is 343 g/mol. The highest BCUT2D eigenvalue weighted by Gasteiger charge is 2.35. The van der Waals surface area contributed by atoms with Crippen LogP contribution in [0.3, 0.4) is 0 Å². The van der Waals surface area contributed by atoms with Crippen LogP contribution in [0.2, 0.25) is 0 Å². The molecule has 1 N–H and O–H groups in total. The molecule has 0 bridgehead atoms. The fraction of sp³-hybridized carbons (Fsp3) is 0.500. The lowest BCUT2D eigenvalue weighted by Gasteiger charge is -2.25. The molecule has 0 amide bonds. The number of benzene rings is 1. The van der Waals surface area contributed by atoms with E-state index in [0.29, 0.717) is 12.4 Å². The van der Waals surface area contributed by atoms with Crippen LogP contribution in [0.5, 0.6) is 11.5 Å². The monoisotopic (exact) mass is 343 g/mol. The summed E-state index contributed by atoms with van der Waals surface area (Å²) in [4.78, 5) is 11.2. The molecule has 1 aromatic carbocycles. The van der Waals surface area contributed by atoms with Crippen molar-refractivity contribution in [2.45, 2.75) is 4.90 Å². The summed E-state index contributed by atoms with van der Waals surface area (Å²) < 4.78 is 43.0. The minimum absolute atomic E-state index is 0.00609. The quantitative estimate of drug-likeness (QED) is 0.835. The van der Waals surface area contributed by atoms with Crippen LogP contribution < -0.4 is 9.47 Å². The van der Waals surface area contributed by atoms with Gasteiger partial charge in [-0.15, -0.1) is 0 Å². The summed E-state index contributed by atoms with van der Waals surface area (Å²) >= 11 is 0. The van der Waals surface area contributed by atoms with Gasteiger partial charge in [0.2, 0.25) is 10.0 Å². The number of rotatable bonds is 3. The van der Waals surface area contributed by atoms with Gasteiger partial charge in [-0.1, -0.05) is 6.07 Å². The predicted molar refractivity (Wildman–Crippen MR) is 78.1 cm³/mol. The first-order valence-corrected chi connectivity index (χ1v) is 8.63. The van der Waals surface area contributed by atoms with E-state index in [-0.39, 0.29) is 43.6 Å². The molecule has 2 aliphatic rings. The summed E-state index contributed by atoms with van der Waals surface area (Å²) in [5.74, 6) is -1.43. The van der Waals surface area contributed by atoms with Crippen molar-refractivity contribution in [1.82, 2.24) is 4.31 Å². The molecule has 9 heteroatoms. The Bertz CT molecular complexity index is 703. The Morgan fingerprint density at radius 2 is 2.00 bits per heavy atom. The highest BCUT2D eigenvalue weighted by molar-refractivity contribution is 7.89. The first kappa shape index (κ1) is 16.0. The number of sulfonamides is 1. The van der Waals surface area contributed by atoms with E-state index in [1.165, 1.54) is 6.07 Å². The van der Waals surface area contributed by atoms with Crippen molar-refractivity contribution in [3.05, 3.63) is 18.2 Å². The molecule has 0 spiro atoms. The molecule has 1 saturated heterocycles. The maximum absolute atomic E-state index is 12.9. The van der Waals surface area contributed by atoms with Crippen molar-refractivity contribution < 1.29 is 32.5 Å². The zero-order chi connectivity index (χ0) is 16.4. The second-order valence-corrected chi connectivity index (χ2v) is 7.16. The molecule has 2 heterocycles. The molecule has 8 nitrogen and oxygen atoms in total. The summed E-state index contributed by atoms with van der Waals surface area (Å²) in [6.07, 6.45) is 0. The van der Waals surface area contributed by atoms with Crippen LogP contribution >= 0.6 is 0 Å². The van der Waals surface area contributed by atoms with Crippen molar-refractivity contribution in [2.24, 2.45) is 5.92 Å². The van der Waals surface area contributed by atoms with E-state index >= 15 is 0 Å². The van der Waals surface area contributed by atoms with E-state index in [1.807, 2.05) is 0 Å². The van der Waals surface area contributed by atoms with Gasteiger partial charge in [-0.05, 0) is 12.1 Å². The number of nitrogens with zero attached hydrogens (tertiary/aromatic N) is 1. The number of aliphatic carboxylic acids is 1. The minimum Gasteiger partial charge on any atom is -0.486 e. The second-order valence-electron chi connectivity index (χ2n) is 5.25. The number of carbonyl (C=O) groups is 1. The van der Waals surface area contributed by atoms with Gasteiger partial charge in [0.15, 0.2) is 11.5 Å². The van der Waals surface area contributed by atoms with Crippen LogP contribution in [0, 0.1) is 5.92 Å². The van der Waals surface area contributed by atoms with Gasteiger partial charge in [-0.25, -0.2) is 8.42 Å². The summed E-state index contributed by atoms with van der Waals surface area (Å²) in [7, 11) is -3.91. The van der Waals surface area contributed by atoms with Crippen LogP contribution in [-0.2, 0) is 19.6 Å². The maximum atomic E-state index is 12.9. The summed E-state index contributed by atoms with van der Waals surface area (Å²) in [5.41, 5.74) is 0. The van der Waals surface area contributed by atoms with Crippen molar-refractivity contribution in [2.75, 3.05) is 39.5 Å². The fourth-order valence-electron chi connectivity index (χ4n) is 2.54. The molecule has 0 radical (unpaired) electrons. The third-order valence-corrected chi connectivity index (χ3v) is 5.61. The Labute approximate surface area is 133 Å². The van der Waals surface area contributed by atoms with Crippen LogP contribution in [0.25, 0.3) is 0 Å². The van der Waals surface area contributed by atoms with Crippen LogP contribution in [0.4, 0.5) is 0 Å². The Kier molecular flexibility index (Phi) is 4.42. The fourth-order valence-corrected chi connectivity index (χ4v) is 4.15. The highest BCUT2D eigenvalue weighted by Crippen LogP contribution is 2.37. The van der Waals surface area contributed by atoms with E-state index in [9.17, 15) is 13.2 Å². The van der Waals surface area contributed by atoms with Gasteiger partial charge < -0.3 is 19.3 Å². The Morgan fingerprint density at radius 1 is 1.22 bits per heavy atom. The minimum atomic E-state index is -3.91. The van der Waals surface area contributed by atoms with E-state index in [0.717, 1.165) is 4.31 Å². The first-order chi connectivity index (χ1) is 11.0. The van der Waals surface area contributed by atoms with Crippen molar-refractivity contribution >= 4 is 16.0 Å². The van der Waals surface area contributed by atoms with Crippen molar-refractivity contribution in [3.63, 3.8) is 0 Å². The molecule has 1 aromatic rings. The molecule has 1 fully saturated rings. The largest absolute Gasteiger partial charge is 0.486 e. The maximum Gasteiger partial charge on any atom is 0.310 e. The van der Waals surface area contributed by atoms with E-state index in [1.54, 1.807) is 12.1 Å². The third-order valence-electron chi connectivity index (χ3n) is 3.73. The molecule has 1 atom stereocenters. The van der Waals surface area contributed by atoms with E-state index in [2.05, 4.69) is 0 Å².